The van der Waals surface area contributed by atoms with Crippen LogP contribution in [0, 0.1) is 17.3 Å². The van der Waals surface area contributed by atoms with E-state index in [4.69, 9.17) is 5.73 Å². The van der Waals surface area contributed by atoms with Gasteiger partial charge in [-0.15, -0.1) is 0 Å². The Bertz CT molecular complexity index is 237. The third-order valence-electron chi connectivity index (χ3n) is 4.86. The largest absolute Gasteiger partial charge is 0.390 e. The maximum absolute atomic E-state index is 10.9. The summed E-state index contributed by atoms with van der Waals surface area (Å²) in [5.41, 5.74) is 5.40. The zero-order chi connectivity index (χ0) is 13.1. The first kappa shape index (κ1) is 15.0. The number of hydrogen-bond donors (Lipinski definition) is 2. The highest BCUT2D eigenvalue weighted by Gasteiger charge is 2.48. The average Bonchev–Trinajstić information content (AvgIpc) is 2.27. The van der Waals surface area contributed by atoms with Gasteiger partial charge in [-0.3, -0.25) is 0 Å². The highest BCUT2D eigenvalue weighted by molar-refractivity contribution is 5.00. The third kappa shape index (κ3) is 3.23. The summed E-state index contributed by atoms with van der Waals surface area (Å²) in [5, 5.41) is 10.9. The van der Waals surface area contributed by atoms with Gasteiger partial charge >= 0.3 is 0 Å². The normalized spacial score (nSPS) is 33.7. The number of nitrogens with two attached hydrogens (primary N) is 1. The van der Waals surface area contributed by atoms with E-state index in [1.807, 2.05) is 6.92 Å². The lowest BCUT2D eigenvalue weighted by Crippen LogP contribution is -2.53. The second-order valence-electron chi connectivity index (χ2n) is 6.73. The molecule has 1 rings (SSSR count). The molecule has 2 nitrogen and oxygen atoms in total. The first-order valence-electron chi connectivity index (χ1n) is 7.29. The maximum Gasteiger partial charge on any atom is 0.0690 e. The number of rotatable bonds is 5. The summed E-state index contributed by atoms with van der Waals surface area (Å²) >= 11 is 0. The molecule has 3 atom stereocenters. The zero-order valence-corrected chi connectivity index (χ0v) is 12.1. The molecule has 3 N–H and O–H groups in total. The maximum atomic E-state index is 10.9. The highest BCUT2D eigenvalue weighted by atomic mass is 16.3. The van der Waals surface area contributed by atoms with Gasteiger partial charge in [0.1, 0.15) is 0 Å². The minimum atomic E-state index is -0.607. The van der Waals surface area contributed by atoms with E-state index in [1.54, 1.807) is 0 Å². The smallest absolute Gasteiger partial charge is 0.0690 e. The van der Waals surface area contributed by atoms with Gasteiger partial charge in [0.15, 0.2) is 0 Å². The van der Waals surface area contributed by atoms with Gasteiger partial charge in [-0.05, 0) is 38.0 Å². The first-order valence-corrected chi connectivity index (χ1v) is 7.29. The molecule has 17 heavy (non-hydrogen) atoms. The van der Waals surface area contributed by atoms with Gasteiger partial charge in [0.05, 0.1) is 5.60 Å². The van der Waals surface area contributed by atoms with Crippen molar-refractivity contribution in [2.75, 3.05) is 6.54 Å². The van der Waals surface area contributed by atoms with Crippen molar-refractivity contribution in [3.63, 3.8) is 0 Å². The second-order valence-corrected chi connectivity index (χ2v) is 6.73. The molecule has 3 unspecified atom stereocenters. The predicted molar refractivity (Wildman–Crippen MR) is 73.8 cm³/mol. The predicted octanol–water partition coefficient (Wildman–Crippen LogP) is 3.33. The summed E-state index contributed by atoms with van der Waals surface area (Å²) in [4.78, 5) is 0. The van der Waals surface area contributed by atoms with Gasteiger partial charge in [-0.1, -0.05) is 40.0 Å². The van der Waals surface area contributed by atoms with Gasteiger partial charge < -0.3 is 10.8 Å². The molecular weight excluding hydrogens is 210 g/mol. The monoisotopic (exact) mass is 241 g/mol. The first-order chi connectivity index (χ1) is 7.87. The molecule has 0 radical (unpaired) electrons. The van der Waals surface area contributed by atoms with E-state index in [-0.39, 0.29) is 5.41 Å². The highest BCUT2D eigenvalue weighted by Crippen LogP contribution is 2.49. The van der Waals surface area contributed by atoms with Crippen molar-refractivity contribution in [1.82, 2.24) is 0 Å². The fourth-order valence-electron chi connectivity index (χ4n) is 3.74. The van der Waals surface area contributed by atoms with Crippen LogP contribution in [0.4, 0.5) is 0 Å². The van der Waals surface area contributed by atoms with Crippen molar-refractivity contribution in [1.29, 1.82) is 0 Å². The van der Waals surface area contributed by atoms with E-state index in [0.29, 0.717) is 12.5 Å². The van der Waals surface area contributed by atoms with Crippen molar-refractivity contribution < 1.29 is 5.11 Å². The molecule has 0 heterocycles. The lowest BCUT2D eigenvalue weighted by Gasteiger charge is -2.50. The lowest BCUT2D eigenvalue weighted by atomic mass is 9.59. The number of aliphatic hydroxyl groups is 1. The Morgan fingerprint density at radius 3 is 2.59 bits per heavy atom. The second kappa shape index (κ2) is 5.71. The van der Waals surface area contributed by atoms with Crippen molar-refractivity contribution in [2.24, 2.45) is 23.0 Å². The van der Waals surface area contributed by atoms with E-state index < -0.39 is 5.60 Å². The topological polar surface area (TPSA) is 46.2 Å². The van der Waals surface area contributed by atoms with Gasteiger partial charge in [-0.2, -0.15) is 0 Å². The van der Waals surface area contributed by atoms with Crippen molar-refractivity contribution in [3.05, 3.63) is 0 Å². The molecule has 0 bridgehead atoms. The molecule has 1 aliphatic carbocycles. The summed E-state index contributed by atoms with van der Waals surface area (Å²) in [6.07, 6.45) is 6.83. The van der Waals surface area contributed by atoms with Crippen LogP contribution < -0.4 is 5.73 Å². The van der Waals surface area contributed by atoms with E-state index in [1.165, 1.54) is 19.3 Å². The third-order valence-corrected chi connectivity index (χ3v) is 4.86. The van der Waals surface area contributed by atoms with Crippen LogP contribution in [-0.2, 0) is 0 Å². The van der Waals surface area contributed by atoms with Crippen LogP contribution >= 0.6 is 0 Å². The van der Waals surface area contributed by atoms with Crippen LogP contribution in [0.15, 0.2) is 0 Å². The van der Waals surface area contributed by atoms with Crippen LogP contribution in [0.25, 0.3) is 0 Å². The standard InChI is InChI=1S/C15H31NO/c1-5-13-7-6-8-15(10-13,11-16)14(4,17)9-12(2)3/h12-13,17H,5-11,16H2,1-4H3. The molecule has 1 fully saturated rings. The zero-order valence-electron chi connectivity index (χ0n) is 12.1. The molecule has 2 heteroatoms. The van der Waals surface area contributed by atoms with Crippen LogP contribution in [0.1, 0.15) is 66.2 Å². The summed E-state index contributed by atoms with van der Waals surface area (Å²) in [5.74, 6) is 1.28. The van der Waals surface area contributed by atoms with Gasteiger partial charge in [0.2, 0.25) is 0 Å². The summed E-state index contributed by atoms with van der Waals surface area (Å²) < 4.78 is 0. The lowest BCUT2D eigenvalue weighted by molar-refractivity contribution is -0.107. The van der Waals surface area contributed by atoms with Crippen molar-refractivity contribution in [2.45, 2.75) is 71.8 Å². The average molecular weight is 241 g/mol. The molecule has 102 valence electrons. The van der Waals surface area contributed by atoms with Crippen LogP contribution in [0.2, 0.25) is 0 Å². The van der Waals surface area contributed by atoms with Gasteiger partial charge in [0.25, 0.3) is 0 Å². The molecule has 0 aromatic heterocycles. The van der Waals surface area contributed by atoms with E-state index in [9.17, 15) is 5.11 Å². The van der Waals surface area contributed by atoms with Crippen molar-refractivity contribution in [3.8, 4) is 0 Å². The van der Waals surface area contributed by atoms with E-state index in [0.717, 1.165) is 25.2 Å². The Morgan fingerprint density at radius 2 is 2.12 bits per heavy atom. The minimum Gasteiger partial charge on any atom is -0.390 e. The molecule has 0 aliphatic heterocycles. The Morgan fingerprint density at radius 1 is 1.47 bits per heavy atom. The van der Waals surface area contributed by atoms with Crippen LogP contribution in [0.3, 0.4) is 0 Å². The molecular formula is C15H31NO. The summed E-state index contributed by atoms with van der Waals surface area (Å²) in [6.45, 7) is 9.26. The molecule has 0 aromatic rings. The molecule has 1 aliphatic rings. The SMILES string of the molecule is CCC1CCCC(CN)(C(C)(O)CC(C)C)C1. The molecule has 0 spiro atoms. The van der Waals surface area contributed by atoms with E-state index >= 15 is 0 Å². The fourth-order valence-corrected chi connectivity index (χ4v) is 3.74. The minimum absolute atomic E-state index is 0.0454. The van der Waals surface area contributed by atoms with Gasteiger partial charge in [-0.25, -0.2) is 0 Å². The van der Waals surface area contributed by atoms with Crippen LogP contribution in [-0.4, -0.2) is 17.3 Å². The Balaban J connectivity index is 2.85. The molecule has 0 saturated heterocycles. The van der Waals surface area contributed by atoms with Crippen molar-refractivity contribution >= 4 is 0 Å². The molecule has 1 saturated carbocycles. The molecule has 0 aromatic carbocycles. The van der Waals surface area contributed by atoms with Crippen LogP contribution in [0.5, 0.6) is 0 Å². The Labute approximate surface area is 107 Å². The fraction of sp³-hybridized carbons (Fsp3) is 1.00. The molecule has 0 amide bonds. The summed E-state index contributed by atoms with van der Waals surface area (Å²) in [7, 11) is 0. The summed E-state index contributed by atoms with van der Waals surface area (Å²) in [6, 6.07) is 0. The van der Waals surface area contributed by atoms with E-state index in [2.05, 4.69) is 20.8 Å². The number of hydrogen-bond acceptors (Lipinski definition) is 2. The quantitative estimate of drug-likeness (QED) is 0.775. The van der Waals surface area contributed by atoms with Gasteiger partial charge in [0, 0.05) is 12.0 Å². The Hall–Kier alpha value is -0.0800. The Kier molecular flexibility index (Phi) is 5.03.